The molecule has 122 valence electrons. The SMILES string of the molecule is C=Cc1ccc(Nc2nc(Cl)cc3c(Cl)c[nH]c(=O)c23)cc1NC. The molecular weight excluding hydrogens is 347 g/mol. The van der Waals surface area contributed by atoms with Crippen LogP contribution >= 0.6 is 23.2 Å². The average molecular weight is 361 g/mol. The molecule has 3 aromatic rings. The van der Waals surface area contributed by atoms with Crippen LogP contribution in [0.4, 0.5) is 17.2 Å². The van der Waals surface area contributed by atoms with Crippen LogP contribution in [0.25, 0.3) is 16.8 Å². The molecule has 0 amide bonds. The Morgan fingerprint density at radius 3 is 2.79 bits per heavy atom. The molecule has 1 aromatic carbocycles. The lowest BCUT2D eigenvalue weighted by atomic mass is 10.1. The fourth-order valence-electron chi connectivity index (χ4n) is 2.47. The van der Waals surface area contributed by atoms with Crippen molar-refractivity contribution in [2.75, 3.05) is 17.7 Å². The van der Waals surface area contributed by atoms with E-state index in [0.717, 1.165) is 16.9 Å². The summed E-state index contributed by atoms with van der Waals surface area (Å²) in [6.45, 7) is 3.78. The van der Waals surface area contributed by atoms with Gasteiger partial charge in [-0.3, -0.25) is 4.79 Å². The molecule has 0 saturated heterocycles. The summed E-state index contributed by atoms with van der Waals surface area (Å²) in [6.07, 6.45) is 3.19. The van der Waals surface area contributed by atoms with Gasteiger partial charge in [0, 0.05) is 30.0 Å². The fourth-order valence-corrected chi connectivity index (χ4v) is 2.86. The molecular formula is C17H14Cl2N4O. The van der Waals surface area contributed by atoms with Crippen molar-refractivity contribution in [1.82, 2.24) is 9.97 Å². The lowest BCUT2D eigenvalue weighted by Crippen LogP contribution is -2.09. The maximum absolute atomic E-state index is 12.2. The van der Waals surface area contributed by atoms with Gasteiger partial charge in [0.05, 0.1) is 10.4 Å². The number of aromatic nitrogens is 2. The van der Waals surface area contributed by atoms with Gasteiger partial charge < -0.3 is 15.6 Å². The quantitative estimate of drug-likeness (QED) is 0.591. The first-order valence-corrected chi connectivity index (χ1v) is 7.87. The molecule has 0 aliphatic carbocycles. The first-order valence-electron chi connectivity index (χ1n) is 7.12. The molecule has 2 aromatic heterocycles. The normalized spacial score (nSPS) is 10.6. The number of benzene rings is 1. The topological polar surface area (TPSA) is 69.8 Å². The van der Waals surface area contributed by atoms with E-state index in [2.05, 4.69) is 27.2 Å². The van der Waals surface area contributed by atoms with Gasteiger partial charge in [0.2, 0.25) is 0 Å². The molecule has 0 aliphatic heterocycles. The zero-order chi connectivity index (χ0) is 17.3. The zero-order valence-corrected chi connectivity index (χ0v) is 14.3. The van der Waals surface area contributed by atoms with Crippen molar-refractivity contribution >= 4 is 57.2 Å². The van der Waals surface area contributed by atoms with Gasteiger partial charge in [-0.05, 0) is 23.8 Å². The lowest BCUT2D eigenvalue weighted by molar-refractivity contribution is 1.25. The van der Waals surface area contributed by atoms with Crippen molar-refractivity contribution in [1.29, 1.82) is 0 Å². The summed E-state index contributed by atoms with van der Waals surface area (Å²) in [5.74, 6) is 0.342. The summed E-state index contributed by atoms with van der Waals surface area (Å²) < 4.78 is 0. The standard InChI is InChI=1S/C17H14Cl2N4O/c1-3-9-4-5-10(6-13(9)20-2)22-16-15-11(7-14(19)23-16)12(18)8-21-17(15)24/h3-8,20H,1H2,2H3,(H,21,24)(H,22,23). The third kappa shape index (κ3) is 2.96. The van der Waals surface area contributed by atoms with Crippen LogP contribution in [0.15, 0.2) is 41.8 Å². The van der Waals surface area contributed by atoms with Gasteiger partial charge in [-0.25, -0.2) is 4.98 Å². The first kappa shape index (κ1) is 16.4. The van der Waals surface area contributed by atoms with E-state index < -0.39 is 0 Å². The number of halogens is 2. The van der Waals surface area contributed by atoms with Crippen LogP contribution in [-0.2, 0) is 0 Å². The van der Waals surface area contributed by atoms with Crippen LogP contribution in [0.3, 0.4) is 0 Å². The molecule has 2 heterocycles. The Kier molecular flexibility index (Phi) is 4.46. The van der Waals surface area contributed by atoms with Gasteiger partial charge in [0.15, 0.2) is 0 Å². The third-order valence-corrected chi connectivity index (χ3v) is 4.11. The maximum Gasteiger partial charge on any atom is 0.259 e. The van der Waals surface area contributed by atoms with E-state index in [1.807, 2.05) is 25.2 Å². The summed E-state index contributed by atoms with van der Waals surface area (Å²) in [4.78, 5) is 19.0. The van der Waals surface area contributed by atoms with Crippen molar-refractivity contribution in [2.45, 2.75) is 0 Å². The number of nitrogens with one attached hydrogen (secondary N) is 3. The number of aromatic amines is 1. The Morgan fingerprint density at radius 1 is 1.29 bits per heavy atom. The molecule has 0 bridgehead atoms. The number of hydrogen-bond acceptors (Lipinski definition) is 4. The molecule has 0 unspecified atom stereocenters. The number of nitrogens with zero attached hydrogens (tertiary/aromatic N) is 1. The van der Waals surface area contributed by atoms with Gasteiger partial charge in [-0.2, -0.15) is 0 Å². The van der Waals surface area contributed by atoms with Crippen LogP contribution in [-0.4, -0.2) is 17.0 Å². The van der Waals surface area contributed by atoms with Crippen LogP contribution in [0.1, 0.15) is 5.56 Å². The minimum Gasteiger partial charge on any atom is -0.388 e. The van der Waals surface area contributed by atoms with E-state index in [4.69, 9.17) is 23.2 Å². The number of pyridine rings is 2. The van der Waals surface area contributed by atoms with Crippen molar-refractivity contribution in [3.05, 3.63) is 63.1 Å². The molecule has 3 N–H and O–H groups in total. The molecule has 0 aliphatic rings. The minimum absolute atomic E-state index is 0.244. The summed E-state index contributed by atoms with van der Waals surface area (Å²) in [5.41, 5.74) is 2.32. The number of rotatable bonds is 4. The molecule has 5 nitrogen and oxygen atoms in total. The average Bonchev–Trinajstić information content (AvgIpc) is 2.57. The molecule has 24 heavy (non-hydrogen) atoms. The van der Waals surface area contributed by atoms with Crippen LogP contribution in [0.2, 0.25) is 10.2 Å². The number of hydrogen-bond donors (Lipinski definition) is 3. The van der Waals surface area contributed by atoms with Crippen LogP contribution in [0, 0.1) is 0 Å². The van der Waals surface area contributed by atoms with E-state index >= 15 is 0 Å². The Balaban J connectivity index is 2.16. The second-order valence-electron chi connectivity index (χ2n) is 5.06. The first-order chi connectivity index (χ1) is 11.5. The lowest BCUT2D eigenvalue weighted by Gasteiger charge is -2.12. The Hall–Kier alpha value is -2.50. The minimum atomic E-state index is -0.294. The van der Waals surface area contributed by atoms with Crippen molar-refractivity contribution in [3.8, 4) is 0 Å². The molecule has 0 spiro atoms. The Labute approximate surface area is 148 Å². The van der Waals surface area contributed by atoms with Crippen molar-refractivity contribution in [2.24, 2.45) is 0 Å². The van der Waals surface area contributed by atoms with Crippen LogP contribution in [0.5, 0.6) is 0 Å². The predicted molar refractivity (Wildman–Crippen MR) is 102 cm³/mol. The second kappa shape index (κ2) is 6.55. The molecule has 0 radical (unpaired) electrons. The van der Waals surface area contributed by atoms with Gasteiger partial charge in [0.1, 0.15) is 11.0 Å². The van der Waals surface area contributed by atoms with Gasteiger partial charge >= 0.3 is 0 Å². The van der Waals surface area contributed by atoms with E-state index in [1.165, 1.54) is 6.20 Å². The zero-order valence-electron chi connectivity index (χ0n) is 12.8. The molecule has 3 rings (SSSR count). The van der Waals surface area contributed by atoms with Crippen molar-refractivity contribution < 1.29 is 0 Å². The molecule has 0 atom stereocenters. The number of fused-ring (bicyclic) bond motifs is 1. The smallest absolute Gasteiger partial charge is 0.259 e. The summed E-state index contributed by atoms with van der Waals surface area (Å²) >= 11 is 12.2. The Bertz CT molecular complexity index is 998. The highest BCUT2D eigenvalue weighted by molar-refractivity contribution is 6.36. The van der Waals surface area contributed by atoms with Gasteiger partial charge in [-0.15, -0.1) is 0 Å². The van der Waals surface area contributed by atoms with Crippen LogP contribution < -0.4 is 16.2 Å². The number of H-pyrrole nitrogens is 1. The largest absolute Gasteiger partial charge is 0.388 e. The molecule has 0 saturated carbocycles. The molecule has 7 heteroatoms. The van der Waals surface area contributed by atoms with E-state index in [0.29, 0.717) is 21.6 Å². The van der Waals surface area contributed by atoms with Crippen molar-refractivity contribution in [3.63, 3.8) is 0 Å². The highest BCUT2D eigenvalue weighted by atomic mass is 35.5. The highest BCUT2D eigenvalue weighted by Gasteiger charge is 2.12. The summed E-state index contributed by atoms with van der Waals surface area (Å²) in [7, 11) is 1.82. The second-order valence-corrected chi connectivity index (χ2v) is 5.86. The van der Waals surface area contributed by atoms with E-state index in [9.17, 15) is 4.79 Å². The maximum atomic E-state index is 12.2. The van der Waals surface area contributed by atoms with E-state index in [-0.39, 0.29) is 10.7 Å². The van der Waals surface area contributed by atoms with Gasteiger partial charge in [0.25, 0.3) is 5.56 Å². The fraction of sp³-hybridized carbons (Fsp3) is 0.0588. The monoisotopic (exact) mass is 360 g/mol. The third-order valence-electron chi connectivity index (χ3n) is 3.61. The summed E-state index contributed by atoms with van der Waals surface area (Å²) in [5, 5.41) is 7.76. The summed E-state index contributed by atoms with van der Waals surface area (Å²) in [6, 6.07) is 7.24. The predicted octanol–water partition coefficient (Wildman–Crippen LogP) is 4.66. The van der Waals surface area contributed by atoms with Gasteiger partial charge in [-0.1, -0.05) is 41.9 Å². The highest BCUT2D eigenvalue weighted by Crippen LogP contribution is 2.30. The Morgan fingerprint density at radius 2 is 2.08 bits per heavy atom. The number of anilines is 3. The molecule has 0 fully saturated rings. The van der Waals surface area contributed by atoms with E-state index in [1.54, 1.807) is 12.1 Å².